The van der Waals surface area contributed by atoms with Crippen molar-refractivity contribution in [2.75, 3.05) is 5.32 Å². The van der Waals surface area contributed by atoms with E-state index >= 15 is 0 Å². The van der Waals surface area contributed by atoms with E-state index in [2.05, 4.69) is 12.2 Å². The maximum absolute atomic E-state index is 13.4. The van der Waals surface area contributed by atoms with Gasteiger partial charge in [-0.15, -0.1) is 0 Å². The number of carbonyl (C=O) groups excluding carboxylic acids is 1. The smallest absolute Gasteiger partial charge is 0.266 e. The summed E-state index contributed by atoms with van der Waals surface area (Å²) in [4.78, 5) is 30.8. The summed E-state index contributed by atoms with van der Waals surface area (Å²) < 4.78 is 1.60. The highest BCUT2D eigenvalue weighted by Crippen LogP contribution is 2.26. The molecule has 31 heavy (non-hydrogen) atoms. The molecule has 4 aromatic rings. The predicted molar refractivity (Wildman–Crippen MR) is 127 cm³/mol. The molecule has 1 N–H and O–H groups in total. The molecule has 1 aromatic heterocycles. The number of para-hydroxylation sites is 2. The van der Waals surface area contributed by atoms with E-state index in [1.165, 1.54) is 17.3 Å². The first-order valence-corrected chi connectivity index (χ1v) is 11.1. The summed E-state index contributed by atoms with van der Waals surface area (Å²) in [6.45, 7) is 3.90. The SMILES string of the molecule is CCc1ccc(-n2c(SC(C)C(=O)Nc3ccccc3)nc3ccccc3c2=O)cc1. The molecule has 0 bridgehead atoms. The van der Waals surface area contributed by atoms with E-state index in [4.69, 9.17) is 4.98 Å². The highest BCUT2D eigenvalue weighted by molar-refractivity contribution is 8.00. The second kappa shape index (κ2) is 9.18. The summed E-state index contributed by atoms with van der Waals surface area (Å²) in [6, 6.07) is 24.5. The molecule has 1 atom stereocenters. The van der Waals surface area contributed by atoms with Crippen LogP contribution >= 0.6 is 11.8 Å². The lowest BCUT2D eigenvalue weighted by atomic mass is 10.1. The van der Waals surface area contributed by atoms with Crippen molar-refractivity contribution in [2.24, 2.45) is 0 Å². The Balaban J connectivity index is 1.73. The van der Waals surface area contributed by atoms with Gasteiger partial charge in [0.25, 0.3) is 5.56 Å². The molecule has 0 saturated heterocycles. The number of anilines is 1. The number of aryl methyl sites for hydroxylation is 1. The maximum atomic E-state index is 13.4. The van der Waals surface area contributed by atoms with Gasteiger partial charge in [0.05, 0.1) is 21.8 Å². The van der Waals surface area contributed by atoms with Crippen molar-refractivity contribution < 1.29 is 4.79 Å². The first-order chi connectivity index (χ1) is 15.1. The summed E-state index contributed by atoms with van der Waals surface area (Å²) >= 11 is 1.27. The molecule has 3 aromatic carbocycles. The monoisotopic (exact) mass is 429 g/mol. The Morgan fingerprint density at radius 3 is 2.39 bits per heavy atom. The van der Waals surface area contributed by atoms with Crippen LogP contribution in [0.5, 0.6) is 0 Å². The molecule has 0 aliphatic carbocycles. The van der Waals surface area contributed by atoms with Crippen molar-refractivity contribution in [3.05, 3.63) is 94.8 Å². The molecule has 6 heteroatoms. The third kappa shape index (κ3) is 4.54. The van der Waals surface area contributed by atoms with Crippen molar-refractivity contribution in [2.45, 2.75) is 30.7 Å². The molecular weight excluding hydrogens is 406 g/mol. The van der Waals surface area contributed by atoms with Gasteiger partial charge in [-0.1, -0.05) is 61.2 Å². The third-order valence-electron chi connectivity index (χ3n) is 5.04. The molecule has 0 spiro atoms. The molecule has 0 aliphatic heterocycles. The summed E-state index contributed by atoms with van der Waals surface area (Å²) in [5.41, 5.74) is 3.13. The molecule has 0 aliphatic rings. The van der Waals surface area contributed by atoms with Gasteiger partial charge in [-0.25, -0.2) is 4.98 Å². The van der Waals surface area contributed by atoms with E-state index in [0.717, 1.165) is 17.8 Å². The molecule has 156 valence electrons. The van der Waals surface area contributed by atoms with Crippen LogP contribution in [0.1, 0.15) is 19.4 Å². The average molecular weight is 430 g/mol. The number of hydrogen-bond acceptors (Lipinski definition) is 4. The van der Waals surface area contributed by atoms with Gasteiger partial charge in [0.1, 0.15) is 0 Å². The van der Waals surface area contributed by atoms with Crippen LogP contribution in [0.2, 0.25) is 0 Å². The molecule has 1 amide bonds. The summed E-state index contributed by atoms with van der Waals surface area (Å²) in [5, 5.41) is 3.50. The zero-order chi connectivity index (χ0) is 21.8. The van der Waals surface area contributed by atoms with Crippen molar-refractivity contribution in [3.8, 4) is 5.69 Å². The summed E-state index contributed by atoms with van der Waals surface area (Å²) in [7, 11) is 0. The van der Waals surface area contributed by atoms with Crippen LogP contribution in [0.4, 0.5) is 5.69 Å². The number of nitrogens with zero attached hydrogens (tertiary/aromatic N) is 2. The van der Waals surface area contributed by atoms with Crippen LogP contribution in [0.15, 0.2) is 88.8 Å². The first-order valence-electron chi connectivity index (χ1n) is 10.2. The predicted octanol–water partition coefficient (Wildman–Crippen LogP) is 5.07. The van der Waals surface area contributed by atoms with E-state index in [1.807, 2.05) is 79.7 Å². The zero-order valence-electron chi connectivity index (χ0n) is 17.4. The minimum absolute atomic E-state index is 0.145. The Labute approximate surface area is 185 Å². The lowest BCUT2D eigenvalue weighted by Crippen LogP contribution is -2.26. The third-order valence-corrected chi connectivity index (χ3v) is 6.09. The molecule has 0 fully saturated rings. The Morgan fingerprint density at radius 2 is 1.68 bits per heavy atom. The van der Waals surface area contributed by atoms with Crippen LogP contribution in [-0.2, 0) is 11.2 Å². The van der Waals surface area contributed by atoms with Crippen molar-refractivity contribution >= 4 is 34.3 Å². The number of benzene rings is 3. The molecule has 4 rings (SSSR count). The average Bonchev–Trinajstić information content (AvgIpc) is 2.80. The van der Waals surface area contributed by atoms with E-state index in [1.54, 1.807) is 10.6 Å². The second-order valence-electron chi connectivity index (χ2n) is 7.19. The van der Waals surface area contributed by atoms with Gasteiger partial charge < -0.3 is 5.32 Å². The van der Waals surface area contributed by atoms with Crippen LogP contribution in [0.25, 0.3) is 16.6 Å². The molecule has 1 unspecified atom stereocenters. The van der Waals surface area contributed by atoms with Crippen LogP contribution in [0.3, 0.4) is 0 Å². The normalized spacial score (nSPS) is 11.9. The Kier molecular flexibility index (Phi) is 6.18. The second-order valence-corrected chi connectivity index (χ2v) is 8.50. The number of aromatic nitrogens is 2. The van der Waals surface area contributed by atoms with Gasteiger partial charge in [-0.2, -0.15) is 0 Å². The highest BCUT2D eigenvalue weighted by Gasteiger charge is 2.20. The van der Waals surface area contributed by atoms with E-state index in [-0.39, 0.29) is 11.5 Å². The lowest BCUT2D eigenvalue weighted by molar-refractivity contribution is -0.115. The van der Waals surface area contributed by atoms with Crippen molar-refractivity contribution in [1.29, 1.82) is 0 Å². The largest absolute Gasteiger partial charge is 0.325 e. The number of nitrogens with one attached hydrogen (secondary N) is 1. The van der Waals surface area contributed by atoms with Crippen LogP contribution < -0.4 is 10.9 Å². The van der Waals surface area contributed by atoms with E-state index in [0.29, 0.717) is 16.1 Å². The van der Waals surface area contributed by atoms with Gasteiger partial charge in [0.15, 0.2) is 5.16 Å². The topological polar surface area (TPSA) is 64.0 Å². The van der Waals surface area contributed by atoms with Gasteiger partial charge >= 0.3 is 0 Å². The number of amides is 1. The summed E-state index contributed by atoms with van der Waals surface area (Å²) in [5.74, 6) is -0.147. The van der Waals surface area contributed by atoms with Gasteiger partial charge in [0, 0.05) is 5.69 Å². The number of fused-ring (bicyclic) bond motifs is 1. The minimum Gasteiger partial charge on any atom is -0.325 e. The Bertz CT molecular complexity index is 1270. The van der Waals surface area contributed by atoms with E-state index < -0.39 is 5.25 Å². The van der Waals surface area contributed by atoms with Crippen LogP contribution in [0, 0.1) is 0 Å². The summed E-state index contributed by atoms with van der Waals surface area (Å²) in [6.07, 6.45) is 0.920. The van der Waals surface area contributed by atoms with Gasteiger partial charge in [-0.05, 0) is 55.3 Å². The first kappa shape index (κ1) is 20.9. The number of hydrogen-bond donors (Lipinski definition) is 1. The molecule has 5 nitrogen and oxygen atoms in total. The van der Waals surface area contributed by atoms with Crippen molar-refractivity contribution in [1.82, 2.24) is 9.55 Å². The number of thioether (sulfide) groups is 1. The van der Waals surface area contributed by atoms with Crippen molar-refractivity contribution in [3.63, 3.8) is 0 Å². The maximum Gasteiger partial charge on any atom is 0.266 e. The highest BCUT2D eigenvalue weighted by atomic mass is 32.2. The standard InChI is InChI=1S/C25H23N3O2S/c1-3-18-13-15-20(16-14-18)28-24(30)21-11-7-8-12-22(21)27-25(28)31-17(2)23(29)26-19-9-5-4-6-10-19/h4-17H,3H2,1-2H3,(H,26,29). The zero-order valence-corrected chi connectivity index (χ0v) is 18.2. The Morgan fingerprint density at radius 1 is 1.00 bits per heavy atom. The lowest BCUT2D eigenvalue weighted by Gasteiger charge is -2.16. The van der Waals surface area contributed by atoms with Crippen LogP contribution in [-0.4, -0.2) is 20.7 Å². The quantitative estimate of drug-likeness (QED) is 0.343. The fourth-order valence-electron chi connectivity index (χ4n) is 3.28. The molecule has 1 heterocycles. The molecule has 0 radical (unpaired) electrons. The Hall–Kier alpha value is -3.38. The fourth-order valence-corrected chi connectivity index (χ4v) is 4.20. The molecule has 0 saturated carbocycles. The van der Waals surface area contributed by atoms with Gasteiger partial charge in [0.2, 0.25) is 5.91 Å². The van der Waals surface area contributed by atoms with Gasteiger partial charge in [-0.3, -0.25) is 14.2 Å². The van der Waals surface area contributed by atoms with E-state index in [9.17, 15) is 9.59 Å². The number of rotatable bonds is 6. The molecular formula is C25H23N3O2S. The fraction of sp³-hybridized carbons (Fsp3) is 0.160. The number of carbonyl (C=O) groups is 1. The minimum atomic E-state index is -0.450.